The number of anilines is 1. The minimum atomic E-state index is -0.0970. The number of nitrogens with two attached hydrogens (primary N) is 1. The molecule has 0 saturated heterocycles. The normalized spacial score (nSPS) is 11.6. The van der Waals surface area contributed by atoms with Crippen LogP contribution in [-0.4, -0.2) is 20.7 Å². The molecular formula is C24H29N5O2. The van der Waals surface area contributed by atoms with Gasteiger partial charge < -0.3 is 10.3 Å². The zero-order valence-electron chi connectivity index (χ0n) is 18.8. The Morgan fingerprint density at radius 2 is 1.94 bits per heavy atom. The zero-order valence-corrected chi connectivity index (χ0v) is 18.8. The quantitative estimate of drug-likeness (QED) is 0.501. The first-order valence-corrected chi connectivity index (χ1v) is 10.5. The van der Waals surface area contributed by atoms with E-state index >= 15 is 0 Å². The first-order chi connectivity index (χ1) is 14.7. The molecule has 2 aromatic heterocycles. The maximum atomic E-state index is 12.5. The van der Waals surface area contributed by atoms with Crippen LogP contribution in [0.1, 0.15) is 64.1 Å². The third kappa shape index (κ3) is 4.69. The molecule has 0 bridgehead atoms. The second-order valence-electron chi connectivity index (χ2n) is 8.74. The molecule has 1 aromatic carbocycles. The summed E-state index contributed by atoms with van der Waals surface area (Å²) < 4.78 is 7.10. The zero-order chi connectivity index (χ0) is 22.8. The van der Waals surface area contributed by atoms with Gasteiger partial charge in [0, 0.05) is 23.9 Å². The number of rotatable bonds is 8. The molecule has 7 nitrogen and oxygen atoms in total. The Bertz CT molecular complexity index is 1110. The van der Waals surface area contributed by atoms with Crippen molar-refractivity contribution in [2.45, 2.75) is 65.3 Å². The van der Waals surface area contributed by atoms with Crippen molar-refractivity contribution in [1.82, 2.24) is 14.9 Å². The summed E-state index contributed by atoms with van der Waals surface area (Å²) in [5.41, 5.74) is 9.27. The third-order valence-corrected chi connectivity index (χ3v) is 5.64. The van der Waals surface area contributed by atoms with Gasteiger partial charge in [0.05, 0.1) is 18.7 Å². The fourth-order valence-corrected chi connectivity index (χ4v) is 3.30. The maximum Gasteiger partial charge on any atom is 0.254 e. The Balaban J connectivity index is 1.71. The molecule has 3 aromatic rings. The highest BCUT2D eigenvalue weighted by Gasteiger charge is 2.24. The summed E-state index contributed by atoms with van der Waals surface area (Å²) in [6, 6.07) is 9.47. The van der Waals surface area contributed by atoms with Gasteiger partial charge in [0.25, 0.3) is 5.69 Å². The van der Waals surface area contributed by atoms with Gasteiger partial charge in [0.1, 0.15) is 23.1 Å². The highest BCUT2D eigenvalue weighted by molar-refractivity contribution is 5.84. The Labute approximate surface area is 183 Å². The van der Waals surface area contributed by atoms with Crippen LogP contribution in [0.2, 0.25) is 0 Å². The van der Waals surface area contributed by atoms with Crippen molar-refractivity contribution in [3.63, 3.8) is 0 Å². The summed E-state index contributed by atoms with van der Waals surface area (Å²) in [4.78, 5) is 16.1. The molecule has 0 amide bonds. The summed E-state index contributed by atoms with van der Waals surface area (Å²) in [5.74, 6) is 1.24. The van der Waals surface area contributed by atoms with Crippen LogP contribution < -0.4 is 5.73 Å². The molecule has 0 unspecified atom stereocenters. The van der Waals surface area contributed by atoms with Gasteiger partial charge in [-0.15, -0.1) is 0 Å². The molecule has 0 aliphatic heterocycles. The van der Waals surface area contributed by atoms with E-state index in [0.29, 0.717) is 29.3 Å². The second kappa shape index (κ2) is 8.76. The van der Waals surface area contributed by atoms with E-state index in [1.165, 1.54) is 0 Å². The topological polar surface area (TPSA) is 91.3 Å². The monoisotopic (exact) mass is 419 g/mol. The number of aromatic nitrogens is 3. The summed E-state index contributed by atoms with van der Waals surface area (Å²) in [7, 11) is 0. The largest absolute Gasteiger partial charge is 0.393 e. The second-order valence-corrected chi connectivity index (χ2v) is 8.74. The minimum absolute atomic E-state index is 0.0612. The molecular weight excluding hydrogens is 390 g/mol. The number of nitrogens with zero attached hydrogens (tertiary/aromatic N) is 4. The number of carbonyl (C=O) groups is 1. The first-order valence-electron chi connectivity index (χ1n) is 10.5. The first kappa shape index (κ1) is 22.3. The van der Waals surface area contributed by atoms with Crippen LogP contribution in [0.5, 0.6) is 0 Å². The SMILES string of the molecule is [C-]#[N+]c1c(-c2ccc(CC(=O)Cc3cc(C(C)(C)CC)on3)cc2)nn(C(C)C)c1N. The molecule has 0 fully saturated rings. The summed E-state index contributed by atoms with van der Waals surface area (Å²) >= 11 is 0. The predicted octanol–water partition coefficient (Wildman–Crippen LogP) is 5.29. The Morgan fingerprint density at radius 3 is 2.52 bits per heavy atom. The van der Waals surface area contributed by atoms with Crippen molar-refractivity contribution < 1.29 is 9.32 Å². The number of carbonyl (C=O) groups excluding carboxylic acids is 1. The standard InChI is InChI=1S/C24H29N5O2/c1-7-24(4,5)20-14-18(28-31-20)13-19(30)12-16-8-10-17(11-9-16)21-22(26-6)23(25)29(27-21)15(2)3/h8-11,14-15H,7,12-13,25H2,1-5H3. The summed E-state index contributed by atoms with van der Waals surface area (Å²) in [5, 5.41) is 8.58. The van der Waals surface area contributed by atoms with Gasteiger partial charge in [-0.1, -0.05) is 50.2 Å². The smallest absolute Gasteiger partial charge is 0.254 e. The van der Waals surface area contributed by atoms with Crippen LogP contribution in [0.3, 0.4) is 0 Å². The van der Waals surface area contributed by atoms with Crippen LogP contribution in [-0.2, 0) is 23.1 Å². The predicted molar refractivity (Wildman–Crippen MR) is 121 cm³/mol. The van der Waals surface area contributed by atoms with E-state index in [-0.39, 0.29) is 23.7 Å². The lowest BCUT2D eigenvalue weighted by Crippen LogP contribution is -2.14. The van der Waals surface area contributed by atoms with Gasteiger partial charge in [0.2, 0.25) is 0 Å². The Kier molecular flexibility index (Phi) is 6.30. The number of hydrogen-bond donors (Lipinski definition) is 1. The third-order valence-electron chi connectivity index (χ3n) is 5.64. The van der Waals surface area contributed by atoms with Crippen LogP contribution >= 0.6 is 0 Å². The molecule has 0 atom stereocenters. The van der Waals surface area contributed by atoms with Crippen molar-refractivity contribution in [3.8, 4) is 11.3 Å². The van der Waals surface area contributed by atoms with Crippen LogP contribution in [0, 0.1) is 6.57 Å². The van der Waals surface area contributed by atoms with E-state index in [1.807, 2.05) is 44.2 Å². The van der Waals surface area contributed by atoms with Crippen molar-refractivity contribution in [2.24, 2.45) is 0 Å². The summed E-state index contributed by atoms with van der Waals surface area (Å²) in [6.07, 6.45) is 1.47. The molecule has 7 heteroatoms. The average Bonchev–Trinajstić information content (AvgIpc) is 3.33. The van der Waals surface area contributed by atoms with Gasteiger partial charge in [-0.3, -0.25) is 9.48 Å². The molecule has 3 rings (SSSR count). The van der Waals surface area contributed by atoms with E-state index < -0.39 is 0 Å². The molecule has 0 spiro atoms. The van der Waals surface area contributed by atoms with E-state index in [9.17, 15) is 4.79 Å². The van der Waals surface area contributed by atoms with E-state index in [1.54, 1.807) is 4.68 Å². The van der Waals surface area contributed by atoms with Gasteiger partial charge in [-0.25, -0.2) is 4.85 Å². The molecule has 0 radical (unpaired) electrons. The summed E-state index contributed by atoms with van der Waals surface area (Å²) in [6.45, 7) is 17.7. The fourth-order valence-electron chi connectivity index (χ4n) is 3.30. The van der Waals surface area contributed by atoms with Gasteiger partial charge >= 0.3 is 0 Å². The fraction of sp³-hybridized carbons (Fsp3) is 0.417. The highest BCUT2D eigenvalue weighted by Crippen LogP contribution is 2.36. The number of nitrogen functional groups attached to an aromatic ring is 1. The van der Waals surface area contributed by atoms with E-state index in [2.05, 4.69) is 35.9 Å². The van der Waals surface area contributed by atoms with Crippen molar-refractivity contribution in [2.75, 3.05) is 5.73 Å². The maximum absolute atomic E-state index is 12.5. The number of hydrogen-bond acceptors (Lipinski definition) is 5. The van der Waals surface area contributed by atoms with Crippen LogP contribution in [0.25, 0.3) is 16.1 Å². The van der Waals surface area contributed by atoms with Gasteiger partial charge in [-0.05, 0) is 31.4 Å². The highest BCUT2D eigenvalue weighted by atomic mass is 16.5. The molecule has 0 saturated carbocycles. The minimum Gasteiger partial charge on any atom is -0.393 e. The van der Waals surface area contributed by atoms with Crippen molar-refractivity contribution >= 4 is 17.3 Å². The lowest BCUT2D eigenvalue weighted by Gasteiger charge is -2.17. The van der Waals surface area contributed by atoms with Crippen molar-refractivity contribution in [1.29, 1.82) is 0 Å². The van der Waals surface area contributed by atoms with Crippen molar-refractivity contribution in [3.05, 3.63) is 58.8 Å². The number of ketones is 1. The van der Waals surface area contributed by atoms with Crippen LogP contribution in [0.15, 0.2) is 34.9 Å². The Morgan fingerprint density at radius 1 is 1.26 bits per heavy atom. The number of Topliss-reactive ketones (excluding diaryl/α,β-unsaturated/α-hetero) is 1. The van der Waals surface area contributed by atoms with E-state index in [0.717, 1.165) is 23.3 Å². The lowest BCUT2D eigenvalue weighted by molar-refractivity contribution is -0.117. The number of benzene rings is 1. The molecule has 162 valence electrons. The molecule has 0 aliphatic rings. The Hall–Kier alpha value is -3.40. The van der Waals surface area contributed by atoms with Gasteiger partial charge in [0.15, 0.2) is 0 Å². The molecule has 0 aliphatic carbocycles. The average molecular weight is 420 g/mol. The van der Waals surface area contributed by atoms with Crippen LogP contribution in [0.4, 0.5) is 11.5 Å². The van der Waals surface area contributed by atoms with E-state index in [4.69, 9.17) is 16.8 Å². The molecule has 31 heavy (non-hydrogen) atoms. The molecule has 2 heterocycles. The lowest BCUT2D eigenvalue weighted by atomic mass is 9.87. The van der Waals surface area contributed by atoms with Gasteiger partial charge in [-0.2, -0.15) is 5.10 Å². The molecule has 2 N–H and O–H groups in total.